The van der Waals surface area contributed by atoms with E-state index >= 15 is 0 Å². The van der Waals surface area contributed by atoms with E-state index in [0.29, 0.717) is 17.4 Å². The van der Waals surface area contributed by atoms with Gasteiger partial charge in [-0.3, -0.25) is 0 Å². The van der Waals surface area contributed by atoms with E-state index in [4.69, 9.17) is 11.6 Å². The lowest BCUT2D eigenvalue weighted by Crippen LogP contribution is -2.07. The Kier molecular flexibility index (Phi) is 6.08. The van der Waals surface area contributed by atoms with Crippen LogP contribution in [-0.2, 0) is 0 Å². The van der Waals surface area contributed by atoms with Crippen LogP contribution in [-0.4, -0.2) is 22.4 Å². The molecule has 0 aromatic carbocycles. The third-order valence-corrected chi connectivity index (χ3v) is 2.58. The number of rotatable bonds is 7. The summed E-state index contributed by atoms with van der Waals surface area (Å²) in [6.45, 7) is 2.36. The highest BCUT2D eigenvalue weighted by atomic mass is 35.5. The number of hydrogen-bond acceptors (Lipinski definition) is 3. The second-order valence-corrected chi connectivity index (χ2v) is 4.03. The Hall–Kier alpha value is -0.900. The predicted octanol–water partition coefficient (Wildman–Crippen LogP) is 3.14. The molecule has 0 spiro atoms. The average molecular weight is 246 g/mol. The zero-order chi connectivity index (χ0) is 11.8. The lowest BCUT2D eigenvalue weighted by Gasteiger charge is -2.06. The number of alkyl halides is 1. The summed E-state index contributed by atoms with van der Waals surface area (Å²) in [5.74, 6) is 0.653. The van der Waals surface area contributed by atoms with Crippen LogP contribution in [0, 0.1) is 12.7 Å². The van der Waals surface area contributed by atoms with Crippen molar-refractivity contribution >= 4 is 17.4 Å². The molecule has 0 radical (unpaired) electrons. The fourth-order valence-electron chi connectivity index (χ4n) is 1.36. The van der Waals surface area contributed by atoms with Gasteiger partial charge in [-0.2, -0.15) is 0 Å². The van der Waals surface area contributed by atoms with Crippen LogP contribution in [0.25, 0.3) is 0 Å². The van der Waals surface area contributed by atoms with Gasteiger partial charge in [-0.15, -0.1) is 11.6 Å². The molecule has 0 aliphatic rings. The molecular formula is C11H17ClFN3. The number of anilines is 1. The van der Waals surface area contributed by atoms with Gasteiger partial charge in [-0.1, -0.05) is 12.8 Å². The molecule has 3 nitrogen and oxygen atoms in total. The molecule has 0 unspecified atom stereocenters. The highest BCUT2D eigenvalue weighted by Gasteiger charge is 2.05. The first-order valence-corrected chi connectivity index (χ1v) is 6.06. The van der Waals surface area contributed by atoms with Crippen molar-refractivity contribution in [2.75, 3.05) is 17.7 Å². The first kappa shape index (κ1) is 13.2. The number of nitrogens with zero attached hydrogens (tertiary/aromatic N) is 2. The average Bonchev–Trinajstić information content (AvgIpc) is 2.29. The van der Waals surface area contributed by atoms with Gasteiger partial charge in [-0.05, 0) is 19.8 Å². The van der Waals surface area contributed by atoms with Gasteiger partial charge in [0.15, 0.2) is 11.6 Å². The molecule has 0 saturated heterocycles. The highest BCUT2D eigenvalue weighted by molar-refractivity contribution is 6.17. The molecule has 0 aliphatic carbocycles. The molecule has 1 heterocycles. The minimum atomic E-state index is -0.358. The maximum absolute atomic E-state index is 13.4. The van der Waals surface area contributed by atoms with Crippen LogP contribution in [0.2, 0.25) is 0 Å². The van der Waals surface area contributed by atoms with Gasteiger partial charge in [-0.25, -0.2) is 14.4 Å². The molecule has 90 valence electrons. The first-order valence-electron chi connectivity index (χ1n) is 5.52. The Balaban J connectivity index is 2.24. The lowest BCUT2D eigenvalue weighted by atomic mass is 10.2. The van der Waals surface area contributed by atoms with Gasteiger partial charge in [0.25, 0.3) is 0 Å². The van der Waals surface area contributed by atoms with Gasteiger partial charge < -0.3 is 5.32 Å². The molecule has 0 atom stereocenters. The Morgan fingerprint density at radius 3 is 2.75 bits per heavy atom. The maximum Gasteiger partial charge on any atom is 0.186 e. The van der Waals surface area contributed by atoms with Gasteiger partial charge in [0.1, 0.15) is 6.33 Å². The summed E-state index contributed by atoms with van der Waals surface area (Å²) in [6.07, 6.45) is 5.64. The van der Waals surface area contributed by atoms with Gasteiger partial charge in [0.2, 0.25) is 0 Å². The fourth-order valence-corrected chi connectivity index (χ4v) is 1.55. The van der Waals surface area contributed by atoms with E-state index in [1.54, 1.807) is 6.92 Å². The number of aromatic nitrogens is 2. The third-order valence-electron chi connectivity index (χ3n) is 2.32. The topological polar surface area (TPSA) is 37.8 Å². The lowest BCUT2D eigenvalue weighted by molar-refractivity contribution is 0.602. The van der Waals surface area contributed by atoms with Crippen molar-refractivity contribution in [3.63, 3.8) is 0 Å². The number of hydrogen-bond donors (Lipinski definition) is 1. The van der Waals surface area contributed by atoms with Crippen LogP contribution in [0.1, 0.15) is 31.4 Å². The molecule has 1 N–H and O–H groups in total. The summed E-state index contributed by atoms with van der Waals surface area (Å²) in [4.78, 5) is 7.62. The quantitative estimate of drug-likeness (QED) is 0.592. The fraction of sp³-hybridized carbons (Fsp3) is 0.636. The van der Waals surface area contributed by atoms with Crippen molar-refractivity contribution in [2.45, 2.75) is 32.6 Å². The number of aryl methyl sites for hydroxylation is 1. The molecule has 0 fully saturated rings. The second-order valence-electron chi connectivity index (χ2n) is 3.65. The molecule has 1 aromatic heterocycles. The van der Waals surface area contributed by atoms with E-state index in [-0.39, 0.29) is 5.82 Å². The van der Waals surface area contributed by atoms with Crippen molar-refractivity contribution in [3.05, 3.63) is 17.8 Å². The van der Waals surface area contributed by atoms with Crippen molar-refractivity contribution in [1.29, 1.82) is 0 Å². The second kappa shape index (κ2) is 7.39. The normalized spacial score (nSPS) is 10.4. The van der Waals surface area contributed by atoms with Crippen LogP contribution < -0.4 is 5.32 Å². The summed E-state index contributed by atoms with van der Waals surface area (Å²) < 4.78 is 13.4. The van der Waals surface area contributed by atoms with Crippen molar-refractivity contribution in [2.24, 2.45) is 0 Å². The molecule has 5 heteroatoms. The predicted molar refractivity (Wildman–Crippen MR) is 64.4 cm³/mol. The van der Waals surface area contributed by atoms with E-state index in [0.717, 1.165) is 32.2 Å². The standard InChI is InChI=1S/C11H17ClFN3/c1-9-10(13)11(16-8-15-9)14-7-5-3-2-4-6-12/h8H,2-7H2,1H3,(H,14,15,16). The molecule has 0 aliphatic heterocycles. The summed E-state index contributed by atoms with van der Waals surface area (Å²) in [7, 11) is 0. The number of halogens is 2. The molecule has 1 rings (SSSR count). The van der Waals surface area contributed by atoms with Crippen molar-refractivity contribution < 1.29 is 4.39 Å². The zero-order valence-corrected chi connectivity index (χ0v) is 10.2. The summed E-state index contributed by atoms with van der Waals surface area (Å²) in [6, 6.07) is 0. The Bertz CT molecular complexity index is 320. The molecule has 0 saturated carbocycles. The summed E-state index contributed by atoms with van der Waals surface area (Å²) >= 11 is 5.57. The van der Waals surface area contributed by atoms with Gasteiger partial charge in [0, 0.05) is 12.4 Å². The van der Waals surface area contributed by atoms with E-state index in [9.17, 15) is 4.39 Å². The van der Waals surface area contributed by atoms with Crippen LogP contribution >= 0.6 is 11.6 Å². The first-order chi connectivity index (χ1) is 7.75. The molecular weight excluding hydrogens is 229 g/mol. The Morgan fingerprint density at radius 2 is 2.00 bits per heavy atom. The highest BCUT2D eigenvalue weighted by Crippen LogP contribution is 2.11. The van der Waals surface area contributed by atoms with Crippen molar-refractivity contribution in [3.8, 4) is 0 Å². The molecule has 1 aromatic rings. The van der Waals surface area contributed by atoms with Crippen LogP contribution in [0.4, 0.5) is 10.2 Å². The minimum absolute atomic E-state index is 0.296. The number of unbranched alkanes of at least 4 members (excludes halogenated alkanes) is 3. The monoisotopic (exact) mass is 245 g/mol. The van der Waals surface area contributed by atoms with E-state index in [1.807, 2.05) is 0 Å². The van der Waals surface area contributed by atoms with Crippen LogP contribution in [0.3, 0.4) is 0 Å². The summed E-state index contributed by atoms with van der Waals surface area (Å²) in [5.41, 5.74) is 0.375. The Morgan fingerprint density at radius 1 is 1.25 bits per heavy atom. The third kappa shape index (κ3) is 4.31. The van der Waals surface area contributed by atoms with Crippen LogP contribution in [0.5, 0.6) is 0 Å². The van der Waals surface area contributed by atoms with E-state index < -0.39 is 0 Å². The smallest absolute Gasteiger partial charge is 0.186 e. The van der Waals surface area contributed by atoms with Crippen LogP contribution in [0.15, 0.2) is 6.33 Å². The molecule has 0 amide bonds. The molecule has 16 heavy (non-hydrogen) atoms. The van der Waals surface area contributed by atoms with Gasteiger partial charge >= 0.3 is 0 Å². The van der Waals surface area contributed by atoms with Gasteiger partial charge in [0.05, 0.1) is 5.69 Å². The van der Waals surface area contributed by atoms with E-state index in [1.165, 1.54) is 6.33 Å². The minimum Gasteiger partial charge on any atom is -0.368 e. The molecule has 0 bridgehead atoms. The maximum atomic E-state index is 13.4. The summed E-state index contributed by atoms with van der Waals surface area (Å²) in [5, 5.41) is 2.97. The number of nitrogens with one attached hydrogen (secondary N) is 1. The zero-order valence-electron chi connectivity index (χ0n) is 9.47. The SMILES string of the molecule is Cc1ncnc(NCCCCCCCl)c1F. The van der Waals surface area contributed by atoms with E-state index in [2.05, 4.69) is 15.3 Å². The Labute approximate surface area is 100 Å². The largest absolute Gasteiger partial charge is 0.368 e. The van der Waals surface area contributed by atoms with Crippen molar-refractivity contribution in [1.82, 2.24) is 9.97 Å².